The van der Waals surface area contributed by atoms with Gasteiger partial charge in [0.25, 0.3) is 11.5 Å². The lowest BCUT2D eigenvalue weighted by atomic mass is 10.1. The summed E-state index contributed by atoms with van der Waals surface area (Å²) in [6.45, 7) is 0.721. The molecule has 2 aromatic rings. The fourth-order valence-electron chi connectivity index (χ4n) is 3.01. The average molecular weight is 385 g/mol. The second-order valence-corrected chi connectivity index (χ2v) is 6.58. The Morgan fingerprint density at radius 3 is 2.23 bits per heavy atom. The molecule has 1 aromatic carbocycles. The molecule has 0 saturated carbocycles. The van der Waals surface area contributed by atoms with Crippen LogP contribution in [0.2, 0.25) is 5.02 Å². The molecule has 0 aliphatic carbocycles. The molecule has 2 heterocycles. The highest BCUT2D eigenvalue weighted by Gasteiger charge is 2.35. The molecule has 138 valence electrons. The molecule has 1 aliphatic rings. The van der Waals surface area contributed by atoms with Crippen LogP contribution in [0.25, 0.3) is 0 Å². The molecule has 26 heavy (non-hydrogen) atoms. The monoisotopic (exact) mass is 384 g/mol. The molecule has 0 atom stereocenters. The number of likely N-dealkylation sites (tertiary alicyclic amines) is 1. The minimum absolute atomic E-state index is 0.242. The zero-order valence-electron chi connectivity index (χ0n) is 13.7. The van der Waals surface area contributed by atoms with Gasteiger partial charge in [0.1, 0.15) is 11.3 Å². The van der Waals surface area contributed by atoms with Crippen molar-refractivity contribution in [3.63, 3.8) is 0 Å². The van der Waals surface area contributed by atoms with Gasteiger partial charge in [0, 0.05) is 18.1 Å². The van der Waals surface area contributed by atoms with E-state index in [0.717, 1.165) is 25.0 Å². The summed E-state index contributed by atoms with van der Waals surface area (Å²) >= 11 is 5.79. The van der Waals surface area contributed by atoms with Crippen molar-refractivity contribution in [2.24, 2.45) is 0 Å². The molecule has 4 nitrogen and oxygen atoms in total. The normalized spacial score (nSPS) is 14.7. The summed E-state index contributed by atoms with van der Waals surface area (Å²) in [5, 5.41) is 0.440. The van der Waals surface area contributed by atoms with E-state index in [-0.39, 0.29) is 12.1 Å². The first-order valence-electron chi connectivity index (χ1n) is 8.12. The Labute approximate surface area is 152 Å². The summed E-state index contributed by atoms with van der Waals surface area (Å²) in [5.74, 6) is -0.522. The Bertz CT molecular complexity index is 869. The molecular weight excluding hydrogens is 369 g/mol. The first-order chi connectivity index (χ1) is 12.3. The lowest BCUT2D eigenvalue weighted by molar-refractivity contribution is -0.144. The second kappa shape index (κ2) is 7.15. The van der Waals surface area contributed by atoms with Crippen molar-refractivity contribution in [1.29, 1.82) is 0 Å². The van der Waals surface area contributed by atoms with E-state index in [4.69, 9.17) is 11.6 Å². The van der Waals surface area contributed by atoms with Crippen LogP contribution in [0, 0.1) is 0 Å². The molecule has 1 aliphatic heterocycles. The van der Waals surface area contributed by atoms with Crippen molar-refractivity contribution in [3.05, 3.63) is 68.6 Å². The molecule has 3 rings (SSSR count). The minimum Gasteiger partial charge on any atom is -0.338 e. The highest BCUT2D eigenvalue weighted by atomic mass is 35.5. The van der Waals surface area contributed by atoms with E-state index in [1.54, 1.807) is 12.1 Å². The van der Waals surface area contributed by atoms with Crippen LogP contribution in [-0.2, 0) is 12.7 Å². The number of pyridine rings is 1. The Morgan fingerprint density at radius 2 is 1.65 bits per heavy atom. The van der Waals surface area contributed by atoms with Gasteiger partial charge in [0.2, 0.25) is 0 Å². The number of hydrogen-bond donors (Lipinski definition) is 0. The van der Waals surface area contributed by atoms with Crippen molar-refractivity contribution >= 4 is 17.5 Å². The number of rotatable bonds is 3. The molecule has 0 bridgehead atoms. The zero-order valence-corrected chi connectivity index (χ0v) is 14.5. The van der Waals surface area contributed by atoms with Gasteiger partial charge >= 0.3 is 6.18 Å². The first kappa shape index (κ1) is 18.5. The van der Waals surface area contributed by atoms with Gasteiger partial charge in [0.05, 0.1) is 6.54 Å². The van der Waals surface area contributed by atoms with Gasteiger partial charge in [-0.3, -0.25) is 14.2 Å². The van der Waals surface area contributed by atoms with Gasteiger partial charge in [-0.1, -0.05) is 23.7 Å². The first-order valence-corrected chi connectivity index (χ1v) is 8.50. The van der Waals surface area contributed by atoms with Gasteiger partial charge in [-0.2, -0.15) is 13.2 Å². The number of alkyl halides is 3. The maximum atomic E-state index is 13.4. The number of halogens is 4. The predicted octanol–water partition coefficient (Wildman–Crippen LogP) is 3.80. The van der Waals surface area contributed by atoms with E-state index in [1.807, 2.05) is 0 Å². The molecule has 1 aromatic heterocycles. The van der Waals surface area contributed by atoms with Gasteiger partial charge in [-0.25, -0.2) is 0 Å². The van der Waals surface area contributed by atoms with Crippen molar-refractivity contribution in [3.8, 4) is 0 Å². The minimum atomic E-state index is -4.71. The van der Waals surface area contributed by atoms with Crippen LogP contribution in [0.15, 0.2) is 41.2 Å². The molecule has 0 radical (unpaired) electrons. The summed E-state index contributed by atoms with van der Waals surface area (Å²) < 4.78 is 40.7. The molecule has 1 fully saturated rings. The third-order valence-corrected chi connectivity index (χ3v) is 4.59. The fraction of sp³-hybridized carbons (Fsp3) is 0.333. The van der Waals surface area contributed by atoms with Gasteiger partial charge < -0.3 is 4.90 Å². The highest BCUT2D eigenvalue weighted by Crippen LogP contribution is 2.29. The second-order valence-electron chi connectivity index (χ2n) is 6.15. The predicted molar refractivity (Wildman–Crippen MR) is 91.4 cm³/mol. The molecule has 0 N–H and O–H groups in total. The van der Waals surface area contributed by atoms with E-state index in [0.29, 0.717) is 28.2 Å². The highest BCUT2D eigenvalue weighted by molar-refractivity contribution is 6.30. The SMILES string of the molecule is O=C(c1ccc(C(F)(F)F)n(Cc2ccc(Cl)cc2)c1=O)N1CCCC1. The van der Waals surface area contributed by atoms with Crippen LogP contribution in [0.4, 0.5) is 13.2 Å². The summed E-state index contributed by atoms with van der Waals surface area (Å²) in [6.07, 6.45) is -3.06. The number of amides is 1. The van der Waals surface area contributed by atoms with E-state index < -0.39 is 23.3 Å². The number of aromatic nitrogens is 1. The topological polar surface area (TPSA) is 42.3 Å². The van der Waals surface area contributed by atoms with Crippen molar-refractivity contribution in [2.45, 2.75) is 25.6 Å². The number of carbonyl (C=O) groups is 1. The summed E-state index contributed by atoms with van der Waals surface area (Å²) in [7, 11) is 0. The standard InChI is InChI=1S/C18H16ClF3N2O2/c19-13-5-3-12(4-6-13)11-24-15(18(20,21)22)8-7-14(17(24)26)16(25)23-9-1-2-10-23/h3-8H,1-2,9-11H2. The summed E-state index contributed by atoms with van der Waals surface area (Å²) in [6, 6.07) is 7.93. The Hall–Kier alpha value is -2.28. The van der Waals surface area contributed by atoms with E-state index in [9.17, 15) is 22.8 Å². The van der Waals surface area contributed by atoms with Crippen LogP contribution in [-0.4, -0.2) is 28.5 Å². The number of nitrogens with zero attached hydrogens (tertiary/aromatic N) is 2. The molecule has 8 heteroatoms. The van der Waals surface area contributed by atoms with E-state index in [2.05, 4.69) is 0 Å². The Kier molecular flexibility index (Phi) is 5.09. The zero-order chi connectivity index (χ0) is 18.9. The van der Waals surface area contributed by atoms with Crippen LogP contribution < -0.4 is 5.56 Å². The van der Waals surface area contributed by atoms with Crippen LogP contribution in [0.3, 0.4) is 0 Å². The van der Waals surface area contributed by atoms with Gasteiger partial charge in [-0.15, -0.1) is 0 Å². The van der Waals surface area contributed by atoms with E-state index >= 15 is 0 Å². The molecule has 0 unspecified atom stereocenters. The number of benzene rings is 1. The lowest BCUT2D eigenvalue weighted by Gasteiger charge is -2.19. The molecular formula is C18H16ClF3N2O2. The van der Waals surface area contributed by atoms with Crippen LogP contribution in [0.1, 0.15) is 34.5 Å². The molecule has 1 saturated heterocycles. The van der Waals surface area contributed by atoms with Crippen molar-refractivity contribution < 1.29 is 18.0 Å². The van der Waals surface area contributed by atoms with Crippen LogP contribution >= 0.6 is 11.6 Å². The average Bonchev–Trinajstić information content (AvgIpc) is 3.11. The van der Waals surface area contributed by atoms with Crippen LogP contribution in [0.5, 0.6) is 0 Å². The smallest absolute Gasteiger partial charge is 0.338 e. The lowest BCUT2D eigenvalue weighted by Crippen LogP contribution is -2.37. The van der Waals surface area contributed by atoms with Gasteiger partial charge in [-0.05, 0) is 42.7 Å². The molecule has 1 amide bonds. The number of hydrogen-bond acceptors (Lipinski definition) is 2. The number of carbonyl (C=O) groups excluding carboxylic acids is 1. The van der Waals surface area contributed by atoms with Crippen molar-refractivity contribution in [1.82, 2.24) is 9.47 Å². The van der Waals surface area contributed by atoms with E-state index in [1.165, 1.54) is 17.0 Å². The maximum Gasteiger partial charge on any atom is 0.431 e. The van der Waals surface area contributed by atoms with Crippen molar-refractivity contribution in [2.75, 3.05) is 13.1 Å². The summed E-state index contributed by atoms with van der Waals surface area (Å²) in [5.41, 5.74) is -1.79. The fourth-order valence-corrected chi connectivity index (χ4v) is 3.13. The molecule has 0 spiro atoms. The summed E-state index contributed by atoms with van der Waals surface area (Å²) in [4.78, 5) is 26.7. The third-order valence-electron chi connectivity index (χ3n) is 4.34. The maximum absolute atomic E-state index is 13.4. The van der Waals surface area contributed by atoms with Gasteiger partial charge in [0.15, 0.2) is 0 Å². The Morgan fingerprint density at radius 1 is 1.04 bits per heavy atom. The largest absolute Gasteiger partial charge is 0.431 e. The quantitative estimate of drug-likeness (QED) is 0.807. The third kappa shape index (κ3) is 3.77. The Balaban J connectivity index is 2.06.